The van der Waals surface area contributed by atoms with Crippen molar-refractivity contribution in [1.82, 2.24) is 5.32 Å². The van der Waals surface area contributed by atoms with Crippen molar-refractivity contribution in [3.63, 3.8) is 0 Å². The van der Waals surface area contributed by atoms with E-state index in [9.17, 15) is 4.79 Å². The zero-order valence-electron chi connectivity index (χ0n) is 9.80. The second kappa shape index (κ2) is 6.83. The zero-order chi connectivity index (χ0) is 11.1. The standard InChI is InChI=1S/C12H24N2O/c1-10(9-13)8-12(15)14-7-6-11-4-2-3-5-11/h10-11H,2-9,13H2,1H3,(H,14,15). The highest BCUT2D eigenvalue weighted by Gasteiger charge is 2.14. The Bertz CT molecular complexity index is 188. The van der Waals surface area contributed by atoms with Crippen LogP contribution in [0.3, 0.4) is 0 Å². The molecule has 15 heavy (non-hydrogen) atoms. The molecule has 3 nitrogen and oxygen atoms in total. The summed E-state index contributed by atoms with van der Waals surface area (Å²) in [6, 6.07) is 0. The van der Waals surface area contributed by atoms with Crippen molar-refractivity contribution < 1.29 is 4.79 Å². The van der Waals surface area contributed by atoms with E-state index in [2.05, 4.69) is 5.32 Å². The molecule has 1 rings (SSSR count). The van der Waals surface area contributed by atoms with E-state index in [4.69, 9.17) is 5.73 Å². The molecule has 0 radical (unpaired) electrons. The van der Waals surface area contributed by atoms with E-state index >= 15 is 0 Å². The maximum atomic E-state index is 11.4. The van der Waals surface area contributed by atoms with Gasteiger partial charge in [-0.05, 0) is 24.8 Å². The Morgan fingerprint density at radius 2 is 2.13 bits per heavy atom. The third-order valence-electron chi connectivity index (χ3n) is 3.29. The van der Waals surface area contributed by atoms with Crippen LogP contribution < -0.4 is 11.1 Å². The maximum absolute atomic E-state index is 11.4. The number of carbonyl (C=O) groups is 1. The first-order valence-electron chi connectivity index (χ1n) is 6.19. The van der Waals surface area contributed by atoms with Gasteiger partial charge in [0.25, 0.3) is 0 Å². The van der Waals surface area contributed by atoms with Crippen LogP contribution in [0.4, 0.5) is 0 Å². The van der Waals surface area contributed by atoms with Crippen LogP contribution in [-0.2, 0) is 4.79 Å². The van der Waals surface area contributed by atoms with Crippen LogP contribution in [0.1, 0.15) is 45.4 Å². The summed E-state index contributed by atoms with van der Waals surface area (Å²) in [4.78, 5) is 11.4. The Balaban J connectivity index is 2.01. The number of carbonyl (C=O) groups excluding carboxylic acids is 1. The third-order valence-corrected chi connectivity index (χ3v) is 3.29. The van der Waals surface area contributed by atoms with E-state index < -0.39 is 0 Å². The molecule has 0 saturated heterocycles. The van der Waals surface area contributed by atoms with Crippen molar-refractivity contribution in [2.24, 2.45) is 17.6 Å². The first-order chi connectivity index (χ1) is 7.22. The zero-order valence-corrected chi connectivity index (χ0v) is 9.80. The summed E-state index contributed by atoms with van der Waals surface area (Å²) in [5, 5.41) is 2.98. The van der Waals surface area contributed by atoms with Gasteiger partial charge in [0.2, 0.25) is 5.91 Å². The lowest BCUT2D eigenvalue weighted by Crippen LogP contribution is -2.28. The highest BCUT2D eigenvalue weighted by atomic mass is 16.1. The predicted octanol–water partition coefficient (Wildman–Crippen LogP) is 1.67. The quantitative estimate of drug-likeness (QED) is 0.703. The lowest BCUT2D eigenvalue weighted by molar-refractivity contribution is -0.121. The van der Waals surface area contributed by atoms with Crippen molar-refractivity contribution in [3.8, 4) is 0 Å². The topological polar surface area (TPSA) is 55.1 Å². The Labute approximate surface area is 92.8 Å². The summed E-state index contributed by atoms with van der Waals surface area (Å²) in [6.45, 7) is 3.45. The van der Waals surface area contributed by atoms with Crippen molar-refractivity contribution in [2.75, 3.05) is 13.1 Å². The van der Waals surface area contributed by atoms with Gasteiger partial charge in [0, 0.05) is 13.0 Å². The molecule has 3 heteroatoms. The second-order valence-corrected chi connectivity index (χ2v) is 4.83. The smallest absolute Gasteiger partial charge is 0.220 e. The summed E-state index contributed by atoms with van der Waals surface area (Å²) in [5.74, 6) is 1.32. The van der Waals surface area contributed by atoms with Crippen LogP contribution in [0.5, 0.6) is 0 Å². The van der Waals surface area contributed by atoms with E-state index in [1.54, 1.807) is 0 Å². The molecule has 0 heterocycles. The molecule has 1 unspecified atom stereocenters. The molecule has 1 aliphatic rings. The third kappa shape index (κ3) is 5.17. The minimum atomic E-state index is 0.158. The van der Waals surface area contributed by atoms with Gasteiger partial charge in [0.05, 0.1) is 0 Å². The fourth-order valence-corrected chi connectivity index (χ4v) is 2.19. The van der Waals surface area contributed by atoms with E-state index in [0.717, 1.165) is 18.9 Å². The molecule has 1 amide bonds. The molecule has 0 aliphatic heterocycles. The molecule has 1 atom stereocenters. The van der Waals surface area contributed by atoms with E-state index in [1.165, 1.54) is 25.7 Å². The van der Waals surface area contributed by atoms with E-state index in [1.807, 2.05) is 6.92 Å². The Morgan fingerprint density at radius 3 is 2.73 bits per heavy atom. The normalized spacial score (nSPS) is 19.1. The lowest BCUT2D eigenvalue weighted by atomic mass is 10.0. The minimum absolute atomic E-state index is 0.158. The van der Waals surface area contributed by atoms with Crippen LogP contribution in [0.25, 0.3) is 0 Å². The van der Waals surface area contributed by atoms with Gasteiger partial charge < -0.3 is 11.1 Å². The molecule has 0 spiro atoms. The highest BCUT2D eigenvalue weighted by molar-refractivity contribution is 5.76. The number of amides is 1. The number of hydrogen-bond donors (Lipinski definition) is 2. The molecule has 0 aromatic carbocycles. The molecule has 0 aromatic heterocycles. The van der Waals surface area contributed by atoms with Crippen molar-refractivity contribution >= 4 is 5.91 Å². The minimum Gasteiger partial charge on any atom is -0.356 e. The summed E-state index contributed by atoms with van der Waals surface area (Å²) >= 11 is 0. The summed E-state index contributed by atoms with van der Waals surface area (Å²) < 4.78 is 0. The van der Waals surface area contributed by atoms with Crippen LogP contribution in [0, 0.1) is 11.8 Å². The van der Waals surface area contributed by atoms with Crippen LogP contribution in [0.2, 0.25) is 0 Å². The van der Waals surface area contributed by atoms with Gasteiger partial charge in [-0.2, -0.15) is 0 Å². The van der Waals surface area contributed by atoms with E-state index in [0.29, 0.717) is 18.9 Å². The summed E-state index contributed by atoms with van der Waals surface area (Å²) in [7, 11) is 0. The fraction of sp³-hybridized carbons (Fsp3) is 0.917. The summed E-state index contributed by atoms with van der Waals surface area (Å²) in [5.41, 5.74) is 5.47. The first-order valence-corrected chi connectivity index (χ1v) is 6.19. The second-order valence-electron chi connectivity index (χ2n) is 4.83. The van der Waals surface area contributed by atoms with Crippen LogP contribution in [-0.4, -0.2) is 19.0 Å². The lowest BCUT2D eigenvalue weighted by Gasteiger charge is -2.11. The Hall–Kier alpha value is -0.570. The number of nitrogens with two attached hydrogens (primary N) is 1. The number of rotatable bonds is 6. The predicted molar refractivity (Wildman–Crippen MR) is 62.4 cm³/mol. The van der Waals surface area contributed by atoms with Gasteiger partial charge in [0.1, 0.15) is 0 Å². The molecule has 0 bridgehead atoms. The highest BCUT2D eigenvalue weighted by Crippen LogP contribution is 2.26. The van der Waals surface area contributed by atoms with Gasteiger partial charge in [0.15, 0.2) is 0 Å². The van der Waals surface area contributed by atoms with Gasteiger partial charge in [-0.25, -0.2) is 0 Å². The Kier molecular flexibility index (Phi) is 5.69. The maximum Gasteiger partial charge on any atom is 0.220 e. The van der Waals surface area contributed by atoms with Crippen molar-refractivity contribution in [3.05, 3.63) is 0 Å². The van der Waals surface area contributed by atoms with Gasteiger partial charge >= 0.3 is 0 Å². The molecule has 3 N–H and O–H groups in total. The Morgan fingerprint density at radius 1 is 1.47 bits per heavy atom. The summed E-state index contributed by atoms with van der Waals surface area (Å²) in [6.07, 6.45) is 7.19. The molecule has 1 saturated carbocycles. The molecule has 1 fully saturated rings. The average Bonchev–Trinajstić information content (AvgIpc) is 2.70. The van der Waals surface area contributed by atoms with E-state index in [-0.39, 0.29) is 5.91 Å². The molecular formula is C12H24N2O. The molecule has 0 aromatic rings. The number of nitrogens with one attached hydrogen (secondary N) is 1. The molecule has 1 aliphatic carbocycles. The van der Waals surface area contributed by atoms with Crippen molar-refractivity contribution in [1.29, 1.82) is 0 Å². The van der Waals surface area contributed by atoms with Gasteiger partial charge in [-0.1, -0.05) is 32.6 Å². The largest absolute Gasteiger partial charge is 0.356 e. The molecule has 88 valence electrons. The SMILES string of the molecule is CC(CN)CC(=O)NCCC1CCCC1. The first kappa shape index (κ1) is 12.5. The van der Waals surface area contributed by atoms with Gasteiger partial charge in [-0.15, -0.1) is 0 Å². The van der Waals surface area contributed by atoms with Gasteiger partial charge in [-0.3, -0.25) is 4.79 Å². The molecular weight excluding hydrogens is 188 g/mol. The fourth-order valence-electron chi connectivity index (χ4n) is 2.19. The van der Waals surface area contributed by atoms with Crippen LogP contribution in [0.15, 0.2) is 0 Å². The van der Waals surface area contributed by atoms with Crippen molar-refractivity contribution in [2.45, 2.75) is 45.4 Å². The average molecular weight is 212 g/mol. The number of hydrogen-bond acceptors (Lipinski definition) is 2. The van der Waals surface area contributed by atoms with Crippen LogP contribution >= 0.6 is 0 Å². The monoisotopic (exact) mass is 212 g/mol.